The molecule has 4 aromatic rings. The van der Waals surface area contributed by atoms with Gasteiger partial charge >= 0.3 is 5.97 Å². The van der Waals surface area contributed by atoms with Gasteiger partial charge in [0.2, 0.25) is 0 Å². The molecule has 0 atom stereocenters. The van der Waals surface area contributed by atoms with Crippen molar-refractivity contribution in [1.29, 1.82) is 0 Å². The van der Waals surface area contributed by atoms with Gasteiger partial charge in [-0.05, 0) is 50.2 Å². The van der Waals surface area contributed by atoms with Crippen LogP contribution in [0.1, 0.15) is 30.2 Å². The predicted octanol–water partition coefficient (Wildman–Crippen LogP) is 5.37. The zero-order valence-electron chi connectivity index (χ0n) is 17.1. The Labute approximate surface area is 193 Å². The number of pyridine rings is 1. The summed E-state index contributed by atoms with van der Waals surface area (Å²) in [6, 6.07) is 9.70. The molecule has 0 aliphatic carbocycles. The number of carbonyl (C=O) groups is 2. The van der Waals surface area contributed by atoms with E-state index in [0.717, 1.165) is 0 Å². The first kappa shape index (κ1) is 21.9. The van der Waals surface area contributed by atoms with Gasteiger partial charge in [-0.3, -0.25) is 4.79 Å². The quantitative estimate of drug-likeness (QED) is 0.378. The van der Waals surface area contributed by atoms with Crippen molar-refractivity contribution in [2.75, 3.05) is 11.9 Å². The molecule has 3 heterocycles. The summed E-state index contributed by atoms with van der Waals surface area (Å²) in [5.41, 5.74) is 1.51. The van der Waals surface area contributed by atoms with Gasteiger partial charge in [0.05, 0.1) is 34.1 Å². The minimum Gasteiger partial charge on any atom is -0.463 e. The molecular weight excluding hydrogens is 455 g/mol. The van der Waals surface area contributed by atoms with Crippen LogP contribution in [0, 0.1) is 0 Å². The van der Waals surface area contributed by atoms with E-state index >= 15 is 0 Å². The minimum absolute atomic E-state index is 0.0175. The molecule has 0 aliphatic rings. The second-order valence-corrected chi connectivity index (χ2v) is 8.04. The van der Waals surface area contributed by atoms with Gasteiger partial charge in [0.1, 0.15) is 5.69 Å². The van der Waals surface area contributed by atoms with Gasteiger partial charge < -0.3 is 14.5 Å². The third-order valence-electron chi connectivity index (χ3n) is 4.59. The molecule has 164 valence electrons. The molecule has 0 unspecified atom stereocenters. The first-order chi connectivity index (χ1) is 15.3. The number of furan rings is 1. The molecule has 1 aromatic carbocycles. The number of nitrogens with zero attached hydrogens (tertiary/aromatic N) is 3. The lowest BCUT2D eigenvalue weighted by Crippen LogP contribution is -2.21. The number of aromatic nitrogens is 3. The molecule has 0 aliphatic heterocycles. The first-order valence-corrected chi connectivity index (χ1v) is 10.4. The van der Waals surface area contributed by atoms with E-state index in [0.29, 0.717) is 38.2 Å². The Balaban J connectivity index is 1.59. The van der Waals surface area contributed by atoms with Crippen molar-refractivity contribution in [3.8, 4) is 11.5 Å². The van der Waals surface area contributed by atoms with E-state index in [-0.39, 0.29) is 11.6 Å². The van der Waals surface area contributed by atoms with Gasteiger partial charge in [-0.2, -0.15) is 5.10 Å². The molecule has 3 aromatic heterocycles. The second kappa shape index (κ2) is 9.02. The number of esters is 1. The largest absolute Gasteiger partial charge is 0.463 e. The standard InChI is InChI=1S/C22H18Cl2N4O4/c1-12(2)28-21-15(10-25-28)14(9-18(27-21)19-4-3-7-31-19)22(30)32-11-20(29)26-17-8-13(23)5-6-16(17)24/h3-10,12H,11H2,1-2H3,(H,26,29). The van der Waals surface area contributed by atoms with Crippen LogP contribution in [0.25, 0.3) is 22.5 Å². The average molecular weight is 473 g/mol. The summed E-state index contributed by atoms with van der Waals surface area (Å²) >= 11 is 12.0. The van der Waals surface area contributed by atoms with E-state index in [1.54, 1.807) is 41.2 Å². The van der Waals surface area contributed by atoms with Crippen LogP contribution in [0.4, 0.5) is 5.69 Å². The molecule has 10 heteroatoms. The summed E-state index contributed by atoms with van der Waals surface area (Å²) in [7, 11) is 0. The van der Waals surface area contributed by atoms with Crippen LogP contribution in [0.5, 0.6) is 0 Å². The molecule has 1 N–H and O–H groups in total. The highest BCUT2D eigenvalue weighted by Crippen LogP contribution is 2.28. The zero-order valence-corrected chi connectivity index (χ0v) is 18.6. The number of hydrogen-bond donors (Lipinski definition) is 1. The first-order valence-electron chi connectivity index (χ1n) is 9.67. The van der Waals surface area contributed by atoms with Crippen molar-refractivity contribution < 1.29 is 18.7 Å². The molecule has 0 bridgehead atoms. The maximum atomic E-state index is 12.9. The van der Waals surface area contributed by atoms with Crippen LogP contribution in [-0.4, -0.2) is 33.2 Å². The average Bonchev–Trinajstić information content (AvgIpc) is 3.43. The van der Waals surface area contributed by atoms with Crippen LogP contribution in [0.3, 0.4) is 0 Å². The van der Waals surface area contributed by atoms with Crippen LogP contribution in [0.2, 0.25) is 10.0 Å². The summed E-state index contributed by atoms with van der Waals surface area (Å²) < 4.78 is 12.4. The van der Waals surface area contributed by atoms with Gasteiger partial charge in [0.25, 0.3) is 5.91 Å². The van der Waals surface area contributed by atoms with E-state index in [1.807, 2.05) is 13.8 Å². The van der Waals surface area contributed by atoms with Crippen LogP contribution in [0.15, 0.2) is 53.3 Å². The maximum Gasteiger partial charge on any atom is 0.339 e. The molecule has 0 radical (unpaired) electrons. The monoisotopic (exact) mass is 472 g/mol. The number of hydrogen-bond acceptors (Lipinski definition) is 6. The molecule has 0 saturated carbocycles. The van der Waals surface area contributed by atoms with Crippen LogP contribution >= 0.6 is 23.2 Å². The van der Waals surface area contributed by atoms with Gasteiger partial charge in [-0.25, -0.2) is 14.5 Å². The highest BCUT2D eigenvalue weighted by Gasteiger charge is 2.21. The fourth-order valence-corrected chi connectivity index (χ4v) is 3.44. The highest BCUT2D eigenvalue weighted by atomic mass is 35.5. The Morgan fingerprint density at radius 2 is 2.03 bits per heavy atom. The summed E-state index contributed by atoms with van der Waals surface area (Å²) in [5.74, 6) is -0.761. The molecule has 32 heavy (non-hydrogen) atoms. The summed E-state index contributed by atoms with van der Waals surface area (Å²) in [6.07, 6.45) is 3.07. The number of halogens is 2. The number of carbonyl (C=O) groups excluding carboxylic acids is 2. The summed E-state index contributed by atoms with van der Waals surface area (Å²) in [5, 5.41) is 8.15. The fraction of sp³-hybridized carbons (Fsp3) is 0.182. The summed E-state index contributed by atoms with van der Waals surface area (Å²) in [6.45, 7) is 3.40. The molecular formula is C22H18Cl2N4O4. The number of benzene rings is 1. The van der Waals surface area contributed by atoms with E-state index in [9.17, 15) is 9.59 Å². The topological polar surface area (TPSA) is 99.2 Å². The number of amides is 1. The Kier molecular flexibility index (Phi) is 6.16. The molecule has 1 amide bonds. The van der Waals surface area contributed by atoms with Crippen molar-refractivity contribution in [1.82, 2.24) is 14.8 Å². The zero-order chi connectivity index (χ0) is 22.8. The third kappa shape index (κ3) is 4.46. The SMILES string of the molecule is CC(C)n1ncc2c(C(=O)OCC(=O)Nc3cc(Cl)ccc3Cl)cc(-c3ccco3)nc21. The Morgan fingerprint density at radius 1 is 1.22 bits per heavy atom. The lowest BCUT2D eigenvalue weighted by Gasteiger charge is -2.10. The van der Waals surface area contributed by atoms with E-state index in [2.05, 4.69) is 15.4 Å². The smallest absolute Gasteiger partial charge is 0.339 e. The molecule has 0 fully saturated rings. The van der Waals surface area contributed by atoms with Gasteiger partial charge in [-0.1, -0.05) is 23.2 Å². The normalized spacial score (nSPS) is 11.2. The second-order valence-electron chi connectivity index (χ2n) is 7.20. The van der Waals surface area contributed by atoms with E-state index < -0.39 is 18.5 Å². The lowest BCUT2D eigenvalue weighted by atomic mass is 10.1. The maximum absolute atomic E-state index is 12.9. The lowest BCUT2D eigenvalue weighted by molar-refractivity contribution is -0.119. The van der Waals surface area contributed by atoms with E-state index in [4.69, 9.17) is 32.4 Å². The number of nitrogens with one attached hydrogen (secondary N) is 1. The van der Waals surface area contributed by atoms with Crippen LogP contribution < -0.4 is 5.32 Å². The molecule has 0 spiro atoms. The molecule has 0 saturated heterocycles. The Morgan fingerprint density at radius 3 is 2.75 bits per heavy atom. The van der Waals surface area contributed by atoms with Crippen molar-refractivity contribution in [2.24, 2.45) is 0 Å². The van der Waals surface area contributed by atoms with Crippen molar-refractivity contribution >= 4 is 51.8 Å². The predicted molar refractivity (Wildman–Crippen MR) is 121 cm³/mol. The third-order valence-corrected chi connectivity index (χ3v) is 5.15. The highest BCUT2D eigenvalue weighted by molar-refractivity contribution is 6.35. The van der Waals surface area contributed by atoms with Crippen LogP contribution in [-0.2, 0) is 9.53 Å². The van der Waals surface area contributed by atoms with E-state index in [1.165, 1.54) is 12.3 Å². The fourth-order valence-electron chi connectivity index (χ4n) is 3.10. The number of fused-ring (bicyclic) bond motifs is 1. The van der Waals surface area contributed by atoms with Gasteiger partial charge in [0.15, 0.2) is 18.0 Å². The van der Waals surface area contributed by atoms with Crippen molar-refractivity contribution in [3.63, 3.8) is 0 Å². The van der Waals surface area contributed by atoms with Crippen molar-refractivity contribution in [2.45, 2.75) is 19.9 Å². The van der Waals surface area contributed by atoms with Gasteiger partial charge in [0, 0.05) is 11.1 Å². The Bertz CT molecular complexity index is 1300. The number of anilines is 1. The Hall–Kier alpha value is -3.36. The minimum atomic E-state index is -0.694. The number of rotatable bonds is 6. The van der Waals surface area contributed by atoms with Gasteiger partial charge in [-0.15, -0.1) is 0 Å². The molecule has 4 rings (SSSR count). The molecule has 8 nitrogen and oxygen atoms in total. The number of ether oxygens (including phenoxy) is 1. The summed E-state index contributed by atoms with van der Waals surface area (Å²) in [4.78, 5) is 29.8. The van der Waals surface area contributed by atoms with Crippen molar-refractivity contribution in [3.05, 3.63) is 64.5 Å².